The Labute approximate surface area is 322 Å². The predicted octanol–water partition coefficient (Wildman–Crippen LogP) is 15.6. The molecule has 11 rings (SSSR count). The van der Waals surface area contributed by atoms with Crippen LogP contribution < -0.4 is 4.90 Å². The molecule has 0 aliphatic rings. The fourth-order valence-corrected chi connectivity index (χ4v) is 9.43. The molecule has 2 nitrogen and oxygen atoms in total. The average Bonchev–Trinajstić information content (AvgIpc) is 3.82. The molecule has 9 aromatic carbocycles. The van der Waals surface area contributed by atoms with Gasteiger partial charge in [-0.3, -0.25) is 0 Å². The Hall–Kier alpha value is -6.94. The first-order valence-electron chi connectivity index (χ1n) is 18.7. The lowest BCUT2D eigenvalue weighted by molar-refractivity contribution is 0.669. The fraction of sp³-hybridized carbons (Fsp3) is 0. The van der Waals surface area contributed by atoms with Crippen molar-refractivity contribution in [2.24, 2.45) is 0 Å². The summed E-state index contributed by atoms with van der Waals surface area (Å²) >= 11 is 1.86. The quantitative estimate of drug-likeness (QED) is 0.170. The zero-order chi connectivity index (χ0) is 36.3. The minimum atomic E-state index is 0.886. The highest BCUT2D eigenvalue weighted by molar-refractivity contribution is 7.25. The van der Waals surface area contributed by atoms with Crippen LogP contribution in [0.4, 0.5) is 17.1 Å². The van der Waals surface area contributed by atoms with Crippen LogP contribution in [0.5, 0.6) is 0 Å². The van der Waals surface area contributed by atoms with E-state index in [9.17, 15) is 0 Å². The summed E-state index contributed by atoms with van der Waals surface area (Å²) in [5.41, 5.74) is 12.1. The van der Waals surface area contributed by atoms with Gasteiger partial charge in [-0.2, -0.15) is 0 Å². The molecular weight excluding hydrogens is 687 g/mol. The van der Waals surface area contributed by atoms with Crippen LogP contribution in [0.25, 0.3) is 86.3 Å². The lowest BCUT2D eigenvalue weighted by Gasteiger charge is -2.30. The summed E-state index contributed by atoms with van der Waals surface area (Å²) in [7, 11) is 0. The first kappa shape index (κ1) is 31.6. The third-order valence-corrected chi connectivity index (χ3v) is 12.0. The van der Waals surface area contributed by atoms with Gasteiger partial charge in [-0.05, 0) is 87.6 Å². The van der Waals surface area contributed by atoms with Gasteiger partial charge in [0.05, 0.1) is 11.4 Å². The number of nitrogens with zero attached hydrogens (tertiary/aromatic N) is 1. The van der Waals surface area contributed by atoms with Crippen LogP contribution in [-0.4, -0.2) is 0 Å². The van der Waals surface area contributed by atoms with Crippen molar-refractivity contribution in [3.63, 3.8) is 0 Å². The van der Waals surface area contributed by atoms with Gasteiger partial charge in [0.2, 0.25) is 0 Å². The van der Waals surface area contributed by atoms with Crippen LogP contribution in [0, 0.1) is 0 Å². The average molecular weight is 720 g/mol. The van der Waals surface area contributed by atoms with Crippen LogP contribution in [0.2, 0.25) is 0 Å². The molecule has 0 aliphatic heterocycles. The highest BCUT2D eigenvalue weighted by atomic mass is 32.1. The van der Waals surface area contributed by atoms with Gasteiger partial charge in [-0.25, -0.2) is 0 Å². The molecule has 11 aromatic rings. The maximum Gasteiger partial charge on any atom is 0.136 e. The van der Waals surface area contributed by atoms with Gasteiger partial charge in [0.15, 0.2) is 0 Å². The smallest absolute Gasteiger partial charge is 0.136 e. The zero-order valence-corrected chi connectivity index (χ0v) is 30.6. The number of para-hydroxylation sites is 3. The van der Waals surface area contributed by atoms with Crippen LogP contribution in [0.1, 0.15) is 0 Å². The van der Waals surface area contributed by atoms with Crippen LogP contribution in [0.3, 0.4) is 0 Å². The second-order valence-corrected chi connectivity index (χ2v) is 15.1. The van der Waals surface area contributed by atoms with Crippen LogP contribution >= 0.6 is 11.3 Å². The van der Waals surface area contributed by atoms with Crippen molar-refractivity contribution in [3.8, 4) is 33.4 Å². The Morgan fingerprint density at radius 1 is 0.364 bits per heavy atom. The molecule has 258 valence electrons. The molecule has 0 bridgehead atoms. The minimum Gasteiger partial charge on any atom is -0.456 e. The number of furan rings is 1. The number of hydrogen-bond donors (Lipinski definition) is 0. The first-order chi connectivity index (χ1) is 27.3. The summed E-state index contributed by atoms with van der Waals surface area (Å²) in [4.78, 5) is 2.43. The lowest BCUT2D eigenvalue weighted by Crippen LogP contribution is -2.12. The maximum absolute atomic E-state index is 6.38. The molecule has 0 amide bonds. The second kappa shape index (κ2) is 12.9. The molecular formula is C52H33NOS. The predicted molar refractivity (Wildman–Crippen MR) is 235 cm³/mol. The van der Waals surface area contributed by atoms with E-state index in [1.807, 2.05) is 17.4 Å². The van der Waals surface area contributed by atoms with Crippen molar-refractivity contribution < 1.29 is 4.42 Å². The number of fused-ring (bicyclic) bond motifs is 7. The topological polar surface area (TPSA) is 16.4 Å². The van der Waals surface area contributed by atoms with Gasteiger partial charge in [0, 0.05) is 47.8 Å². The van der Waals surface area contributed by atoms with E-state index < -0.39 is 0 Å². The normalized spacial score (nSPS) is 11.6. The van der Waals surface area contributed by atoms with E-state index >= 15 is 0 Å². The Morgan fingerprint density at radius 3 is 1.85 bits per heavy atom. The van der Waals surface area contributed by atoms with Crippen molar-refractivity contribution in [3.05, 3.63) is 200 Å². The van der Waals surface area contributed by atoms with E-state index in [1.165, 1.54) is 47.6 Å². The molecule has 0 atom stereocenters. The summed E-state index contributed by atoms with van der Waals surface area (Å²) in [6, 6.07) is 72.3. The first-order valence-corrected chi connectivity index (χ1v) is 19.5. The van der Waals surface area contributed by atoms with Crippen molar-refractivity contribution in [2.45, 2.75) is 0 Å². The largest absolute Gasteiger partial charge is 0.456 e. The third kappa shape index (κ3) is 5.32. The highest BCUT2D eigenvalue weighted by Crippen LogP contribution is 2.47. The van der Waals surface area contributed by atoms with Crippen LogP contribution in [0.15, 0.2) is 205 Å². The molecule has 0 aliphatic carbocycles. The van der Waals surface area contributed by atoms with Gasteiger partial charge in [0.1, 0.15) is 11.2 Å². The Balaban J connectivity index is 1.11. The molecule has 55 heavy (non-hydrogen) atoms. The van der Waals surface area contributed by atoms with E-state index in [-0.39, 0.29) is 0 Å². The van der Waals surface area contributed by atoms with Crippen molar-refractivity contribution in [1.82, 2.24) is 0 Å². The molecule has 0 fully saturated rings. The summed E-state index contributed by atoms with van der Waals surface area (Å²) in [5.74, 6) is 0. The molecule has 2 heterocycles. The Morgan fingerprint density at radius 2 is 0.982 bits per heavy atom. The summed E-state index contributed by atoms with van der Waals surface area (Å²) in [6.45, 7) is 0. The zero-order valence-electron chi connectivity index (χ0n) is 29.8. The molecule has 0 unspecified atom stereocenters. The molecule has 2 aromatic heterocycles. The summed E-state index contributed by atoms with van der Waals surface area (Å²) in [5, 5.41) is 7.33. The van der Waals surface area contributed by atoms with E-state index in [1.54, 1.807) is 0 Å². The van der Waals surface area contributed by atoms with Gasteiger partial charge in [-0.15, -0.1) is 11.3 Å². The lowest BCUT2D eigenvalue weighted by atomic mass is 9.95. The van der Waals surface area contributed by atoms with E-state index in [0.29, 0.717) is 0 Å². The van der Waals surface area contributed by atoms with Crippen LogP contribution in [-0.2, 0) is 0 Å². The summed E-state index contributed by atoms with van der Waals surface area (Å²) < 4.78 is 9.01. The van der Waals surface area contributed by atoms with Crippen molar-refractivity contribution in [1.29, 1.82) is 0 Å². The number of hydrogen-bond acceptors (Lipinski definition) is 3. The molecule has 3 heteroatoms. The van der Waals surface area contributed by atoms with Crippen molar-refractivity contribution >= 4 is 81.3 Å². The molecule has 0 saturated heterocycles. The standard InChI is InChI=1S/C52H33NOS/c1-2-13-36-32-38(25-24-34(36)12-1)40-14-3-7-19-46(40)53(39-29-26-35(27-30-39)37-28-31-43-42-16-6-10-23-50(42)55-51(43)33-37)47-20-8-4-15-41(47)44-18-11-22-49-52(44)45-17-5-9-21-48(45)54-49/h1-33H. The van der Waals surface area contributed by atoms with E-state index in [0.717, 1.165) is 55.7 Å². The van der Waals surface area contributed by atoms with Gasteiger partial charge in [0.25, 0.3) is 0 Å². The van der Waals surface area contributed by atoms with Gasteiger partial charge >= 0.3 is 0 Å². The minimum absolute atomic E-state index is 0.886. The SMILES string of the molecule is c1ccc(N(c2ccc(-c3ccc4c(c3)sc3ccccc34)cc2)c2ccccc2-c2cccc3oc4ccccc4c23)c(-c2ccc3ccccc3c2)c1. The molecule has 0 N–H and O–H groups in total. The Bertz CT molecular complexity index is 3220. The number of benzene rings is 9. The number of thiophene rings is 1. The monoisotopic (exact) mass is 719 g/mol. The molecule has 0 radical (unpaired) electrons. The Kier molecular flexibility index (Phi) is 7.39. The number of rotatable bonds is 6. The van der Waals surface area contributed by atoms with Crippen molar-refractivity contribution in [2.75, 3.05) is 4.90 Å². The number of anilines is 3. The van der Waals surface area contributed by atoms with E-state index in [4.69, 9.17) is 4.42 Å². The molecule has 0 saturated carbocycles. The van der Waals surface area contributed by atoms with E-state index in [2.05, 4.69) is 199 Å². The maximum atomic E-state index is 6.38. The third-order valence-electron chi connectivity index (χ3n) is 10.9. The van der Waals surface area contributed by atoms with Gasteiger partial charge in [-0.1, -0.05) is 146 Å². The second-order valence-electron chi connectivity index (χ2n) is 14.1. The van der Waals surface area contributed by atoms with Gasteiger partial charge < -0.3 is 9.32 Å². The molecule has 0 spiro atoms. The fourth-order valence-electron chi connectivity index (χ4n) is 8.28. The summed E-state index contributed by atoms with van der Waals surface area (Å²) in [6.07, 6.45) is 0. The highest BCUT2D eigenvalue weighted by Gasteiger charge is 2.22.